The smallest absolute Gasteiger partial charge is 0.387 e. The van der Waals surface area contributed by atoms with Gasteiger partial charge in [-0.2, -0.15) is 8.78 Å². The summed E-state index contributed by atoms with van der Waals surface area (Å²) < 4.78 is 30.3. The molecule has 1 unspecified atom stereocenters. The van der Waals surface area contributed by atoms with E-state index in [0.29, 0.717) is 11.1 Å². The minimum Gasteiger partial charge on any atom is -0.435 e. The van der Waals surface area contributed by atoms with E-state index in [2.05, 4.69) is 36.6 Å². The van der Waals surface area contributed by atoms with Crippen molar-refractivity contribution in [3.05, 3.63) is 62.5 Å². The van der Waals surface area contributed by atoms with Gasteiger partial charge in [0.25, 0.3) is 0 Å². The number of hydrogen-bond donors (Lipinski definition) is 1. The van der Waals surface area contributed by atoms with Crippen molar-refractivity contribution >= 4 is 31.9 Å². The molecule has 0 aliphatic carbocycles. The summed E-state index contributed by atoms with van der Waals surface area (Å²) in [6, 6.07) is 11.4. The normalized spacial score (nSPS) is 12.5. The number of aliphatic hydroxyl groups excluding tert-OH is 1. The maximum atomic E-state index is 12.2. The number of halogens is 4. The van der Waals surface area contributed by atoms with Crippen LogP contribution in [0.25, 0.3) is 0 Å². The van der Waals surface area contributed by atoms with Gasteiger partial charge < -0.3 is 9.84 Å². The van der Waals surface area contributed by atoms with E-state index in [1.165, 1.54) is 12.1 Å². The summed E-state index contributed by atoms with van der Waals surface area (Å²) in [4.78, 5) is 0. The second-order valence-corrected chi connectivity index (χ2v) is 5.79. The van der Waals surface area contributed by atoms with Crippen LogP contribution in [-0.2, 0) is 0 Å². The first-order valence-corrected chi connectivity index (χ1v) is 7.24. The van der Waals surface area contributed by atoms with E-state index in [0.717, 1.165) is 8.95 Å². The van der Waals surface area contributed by atoms with Crippen LogP contribution in [0.4, 0.5) is 8.78 Å². The van der Waals surface area contributed by atoms with Crippen molar-refractivity contribution in [2.45, 2.75) is 12.7 Å². The Bertz CT molecular complexity index is 605. The van der Waals surface area contributed by atoms with Gasteiger partial charge in [0.05, 0.1) is 0 Å². The van der Waals surface area contributed by atoms with E-state index in [-0.39, 0.29) is 5.75 Å². The summed E-state index contributed by atoms with van der Waals surface area (Å²) in [5.41, 5.74) is 1.11. The lowest BCUT2D eigenvalue weighted by molar-refractivity contribution is -0.0499. The lowest BCUT2D eigenvalue weighted by atomic mass is 10.0. The standard InChI is InChI=1S/C14H10Br2F2O2/c15-9-4-5-12(16)11(7-9)13(19)8-2-1-3-10(6-8)20-14(17)18/h1-7,13-14,19H. The summed E-state index contributed by atoms with van der Waals surface area (Å²) in [6.07, 6.45) is -0.942. The molecule has 0 aliphatic rings. The van der Waals surface area contributed by atoms with Crippen molar-refractivity contribution in [1.29, 1.82) is 0 Å². The Morgan fingerprint density at radius 3 is 2.50 bits per heavy atom. The first-order valence-electron chi connectivity index (χ1n) is 5.65. The zero-order valence-corrected chi connectivity index (χ0v) is 13.2. The highest BCUT2D eigenvalue weighted by Crippen LogP contribution is 2.32. The van der Waals surface area contributed by atoms with Gasteiger partial charge in [-0.1, -0.05) is 44.0 Å². The highest BCUT2D eigenvalue weighted by atomic mass is 79.9. The quantitative estimate of drug-likeness (QED) is 0.781. The predicted octanol–water partition coefficient (Wildman–Crippen LogP) is 4.89. The molecule has 0 fully saturated rings. The Morgan fingerprint density at radius 2 is 1.80 bits per heavy atom. The monoisotopic (exact) mass is 406 g/mol. The minimum atomic E-state index is -2.89. The topological polar surface area (TPSA) is 29.5 Å². The molecule has 1 atom stereocenters. The zero-order valence-electron chi connectivity index (χ0n) is 10.1. The number of ether oxygens (including phenoxy) is 1. The van der Waals surface area contributed by atoms with Crippen molar-refractivity contribution in [1.82, 2.24) is 0 Å². The number of aliphatic hydroxyl groups is 1. The van der Waals surface area contributed by atoms with Crippen molar-refractivity contribution in [2.75, 3.05) is 0 Å². The summed E-state index contributed by atoms with van der Waals surface area (Å²) in [5.74, 6) is 0.0164. The molecule has 106 valence electrons. The van der Waals surface area contributed by atoms with Crippen LogP contribution in [0.2, 0.25) is 0 Å². The van der Waals surface area contributed by atoms with E-state index in [4.69, 9.17) is 0 Å². The van der Waals surface area contributed by atoms with Crippen LogP contribution >= 0.6 is 31.9 Å². The second-order valence-electron chi connectivity index (χ2n) is 4.02. The molecule has 0 amide bonds. The molecular weight excluding hydrogens is 398 g/mol. The molecule has 0 radical (unpaired) electrons. The van der Waals surface area contributed by atoms with E-state index >= 15 is 0 Å². The number of alkyl halides is 2. The van der Waals surface area contributed by atoms with Gasteiger partial charge in [-0.15, -0.1) is 0 Å². The average Bonchev–Trinajstić information content (AvgIpc) is 2.40. The van der Waals surface area contributed by atoms with Gasteiger partial charge in [-0.05, 0) is 35.9 Å². The molecule has 2 rings (SSSR count). The Morgan fingerprint density at radius 1 is 1.05 bits per heavy atom. The molecule has 2 nitrogen and oxygen atoms in total. The fraction of sp³-hybridized carbons (Fsp3) is 0.143. The summed E-state index contributed by atoms with van der Waals surface area (Å²) in [7, 11) is 0. The fourth-order valence-electron chi connectivity index (χ4n) is 1.76. The van der Waals surface area contributed by atoms with Gasteiger partial charge in [0, 0.05) is 14.5 Å². The van der Waals surface area contributed by atoms with E-state index < -0.39 is 12.7 Å². The van der Waals surface area contributed by atoms with Crippen molar-refractivity contribution < 1.29 is 18.6 Å². The first kappa shape index (κ1) is 15.4. The Hall–Kier alpha value is -0.980. The van der Waals surface area contributed by atoms with Gasteiger partial charge in [0.1, 0.15) is 11.9 Å². The predicted molar refractivity (Wildman–Crippen MR) is 79.0 cm³/mol. The molecule has 0 saturated heterocycles. The van der Waals surface area contributed by atoms with Crippen LogP contribution in [0, 0.1) is 0 Å². The van der Waals surface area contributed by atoms with Gasteiger partial charge in [-0.25, -0.2) is 0 Å². The van der Waals surface area contributed by atoms with Crippen molar-refractivity contribution in [2.24, 2.45) is 0 Å². The third-order valence-electron chi connectivity index (χ3n) is 2.65. The fourth-order valence-corrected chi connectivity index (χ4v) is 2.61. The maximum Gasteiger partial charge on any atom is 0.387 e. The molecule has 2 aromatic carbocycles. The average molecular weight is 408 g/mol. The lowest BCUT2D eigenvalue weighted by Gasteiger charge is -2.15. The first-order chi connectivity index (χ1) is 9.47. The Kier molecular flexibility index (Phi) is 5.12. The van der Waals surface area contributed by atoms with Crippen molar-refractivity contribution in [3.63, 3.8) is 0 Å². The van der Waals surface area contributed by atoms with Crippen molar-refractivity contribution in [3.8, 4) is 5.75 Å². The molecule has 0 heterocycles. The van der Waals surface area contributed by atoms with E-state index in [9.17, 15) is 13.9 Å². The number of rotatable bonds is 4. The molecule has 0 saturated carbocycles. The maximum absolute atomic E-state index is 12.2. The highest BCUT2D eigenvalue weighted by molar-refractivity contribution is 9.11. The highest BCUT2D eigenvalue weighted by Gasteiger charge is 2.15. The van der Waals surface area contributed by atoms with Gasteiger partial charge in [0.2, 0.25) is 0 Å². The molecular formula is C14H10Br2F2O2. The van der Waals surface area contributed by atoms with E-state index in [1.54, 1.807) is 24.3 Å². The third kappa shape index (κ3) is 3.77. The van der Waals surface area contributed by atoms with Crippen LogP contribution in [0.15, 0.2) is 51.4 Å². The molecule has 0 aliphatic heterocycles. The van der Waals surface area contributed by atoms with Gasteiger partial charge in [0.15, 0.2) is 0 Å². The van der Waals surface area contributed by atoms with Gasteiger partial charge >= 0.3 is 6.61 Å². The molecule has 0 bridgehead atoms. The Labute approximate surface area is 131 Å². The van der Waals surface area contributed by atoms with Crippen LogP contribution in [0.5, 0.6) is 5.75 Å². The van der Waals surface area contributed by atoms with Crippen LogP contribution in [-0.4, -0.2) is 11.7 Å². The van der Waals surface area contributed by atoms with Gasteiger partial charge in [-0.3, -0.25) is 0 Å². The molecule has 20 heavy (non-hydrogen) atoms. The minimum absolute atomic E-state index is 0.0164. The van der Waals surface area contributed by atoms with Crippen LogP contribution in [0.1, 0.15) is 17.2 Å². The molecule has 0 spiro atoms. The molecule has 6 heteroatoms. The largest absolute Gasteiger partial charge is 0.435 e. The number of benzene rings is 2. The summed E-state index contributed by atoms with van der Waals surface area (Å²) >= 11 is 6.68. The zero-order chi connectivity index (χ0) is 14.7. The SMILES string of the molecule is OC(c1cccc(OC(F)F)c1)c1cc(Br)ccc1Br. The van der Waals surface area contributed by atoms with Crippen LogP contribution in [0.3, 0.4) is 0 Å². The molecule has 0 aromatic heterocycles. The summed E-state index contributed by atoms with van der Waals surface area (Å²) in [6.45, 7) is -2.89. The molecule has 2 aromatic rings. The molecule has 1 N–H and O–H groups in total. The Balaban J connectivity index is 2.33. The van der Waals surface area contributed by atoms with E-state index in [1.807, 2.05) is 6.07 Å². The lowest BCUT2D eigenvalue weighted by Crippen LogP contribution is -2.04. The van der Waals surface area contributed by atoms with Crippen LogP contribution < -0.4 is 4.74 Å². The number of hydrogen-bond acceptors (Lipinski definition) is 2. The second kappa shape index (κ2) is 6.65. The summed E-state index contributed by atoms with van der Waals surface area (Å²) in [5, 5.41) is 10.4. The third-order valence-corrected chi connectivity index (χ3v) is 3.87.